The van der Waals surface area contributed by atoms with E-state index in [1.165, 1.54) is 23.1 Å². The van der Waals surface area contributed by atoms with Gasteiger partial charge in [0.2, 0.25) is 0 Å². The van der Waals surface area contributed by atoms with E-state index in [1.807, 2.05) is 6.92 Å². The zero-order chi connectivity index (χ0) is 19.6. The van der Waals surface area contributed by atoms with E-state index in [4.69, 9.17) is 0 Å². The van der Waals surface area contributed by atoms with Crippen LogP contribution in [0.15, 0.2) is 42.7 Å². The fourth-order valence-electron chi connectivity index (χ4n) is 2.67. The summed E-state index contributed by atoms with van der Waals surface area (Å²) < 4.78 is 1.52. The normalized spacial score (nSPS) is 10.5. The molecule has 1 aromatic heterocycles. The van der Waals surface area contributed by atoms with E-state index in [1.54, 1.807) is 43.3 Å². The SMILES string of the molecule is Cc1cc(NC(=O)c2cc([N+](=O)[O-])ccc2N(C)C)ccc1-n1cnnn1. The van der Waals surface area contributed by atoms with E-state index >= 15 is 0 Å². The lowest BCUT2D eigenvalue weighted by atomic mass is 10.1. The average molecular weight is 367 g/mol. The number of hydrogen-bond acceptors (Lipinski definition) is 7. The molecule has 3 rings (SSSR count). The number of aryl methyl sites for hydroxylation is 1. The molecule has 0 saturated carbocycles. The van der Waals surface area contributed by atoms with Crippen LogP contribution in [-0.2, 0) is 0 Å². The van der Waals surface area contributed by atoms with Crippen LogP contribution in [0.1, 0.15) is 15.9 Å². The quantitative estimate of drug-likeness (QED) is 0.542. The topological polar surface area (TPSA) is 119 Å². The number of anilines is 2. The van der Waals surface area contributed by atoms with Crippen LogP contribution in [0.25, 0.3) is 5.69 Å². The number of tetrazole rings is 1. The number of nitro benzene ring substituents is 1. The Morgan fingerprint density at radius 1 is 1.22 bits per heavy atom. The molecule has 0 aliphatic carbocycles. The van der Waals surface area contributed by atoms with Crippen molar-refractivity contribution in [2.75, 3.05) is 24.3 Å². The Hall–Kier alpha value is -3.82. The zero-order valence-corrected chi connectivity index (χ0v) is 14.9. The van der Waals surface area contributed by atoms with Crippen LogP contribution in [0.4, 0.5) is 17.1 Å². The number of non-ortho nitro benzene ring substituents is 1. The number of carbonyl (C=O) groups is 1. The highest BCUT2D eigenvalue weighted by atomic mass is 16.6. The molecule has 1 heterocycles. The number of carbonyl (C=O) groups excluding carboxylic acids is 1. The van der Waals surface area contributed by atoms with Gasteiger partial charge in [-0.1, -0.05) is 0 Å². The van der Waals surface area contributed by atoms with Crippen molar-refractivity contribution in [2.24, 2.45) is 0 Å². The van der Waals surface area contributed by atoms with Crippen LogP contribution in [0, 0.1) is 17.0 Å². The van der Waals surface area contributed by atoms with Crippen LogP contribution >= 0.6 is 0 Å². The first kappa shape index (κ1) is 18.0. The van der Waals surface area contributed by atoms with E-state index < -0.39 is 10.8 Å². The van der Waals surface area contributed by atoms with Gasteiger partial charge in [0.1, 0.15) is 6.33 Å². The molecule has 0 aliphatic rings. The molecule has 0 aliphatic heterocycles. The number of aromatic nitrogens is 4. The zero-order valence-electron chi connectivity index (χ0n) is 14.9. The highest BCUT2D eigenvalue weighted by Gasteiger charge is 2.18. The molecule has 0 fully saturated rings. The van der Waals surface area contributed by atoms with Gasteiger partial charge in [-0.05, 0) is 47.2 Å². The number of amides is 1. The molecule has 1 amide bonds. The van der Waals surface area contributed by atoms with E-state index in [-0.39, 0.29) is 11.3 Å². The molecule has 3 aromatic rings. The summed E-state index contributed by atoms with van der Waals surface area (Å²) in [6, 6.07) is 9.47. The second-order valence-electron chi connectivity index (χ2n) is 6.06. The van der Waals surface area contributed by atoms with E-state index in [9.17, 15) is 14.9 Å². The summed E-state index contributed by atoms with van der Waals surface area (Å²) in [7, 11) is 3.53. The summed E-state index contributed by atoms with van der Waals surface area (Å²) in [5.41, 5.74) is 2.85. The minimum atomic E-state index is -0.526. The first-order chi connectivity index (χ1) is 12.9. The number of benzene rings is 2. The third kappa shape index (κ3) is 3.73. The maximum Gasteiger partial charge on any atom is 0.270 e. The van der Waals surface area contributed by atoms with Gasteiger partial charge in [0.25, 0.3) is 11.6 Å². The van der Waals surface area contributed by atoms with Crippen molar-refractivity contribution < 1.29 is 9.72 Å². The first-order valence-electron chi connectivity index (χ1n) is 7.98. The second kappa shape index (κ2) is 7.20. The van der Waals surface area contributed by atoms with Gasteiger partial charge in [-0.2, -0.15) is 0 Å². The molecule has 0 spiro atoms. The Bertz CT molecular complexity index is 1000. The Kier molecular flexibility index (Phi) is 4.79. The Labute approximate surface area is 154 Å². The molecule has 10 heteroatoms. The van der Waals surface area contributed by atoms with Gasteiger partial charge >= 0.3 is 0 Å². The maximum absolute atomic E-state index is 12.7. The second-order valence-corrected chi connectivity index (χ2v) is 6.06. The minimum absolute atomic E-state index is 0.143. The number of nitro groups is 1. The predicted octanol–water partition coefficient (Wildman–Crippen LogP) is 2.20. The Morgan fingerprint density at radius 2 is 2.00 bits per heavy atom. The molecule has 27 heavy (non-hydrogen) atoms. The average Bonchev–Trinajstić information content (AvgIpc) is 3.15. The van der Waals surface area contributed by atoms with Crippen LogP contribution < -0.4 is 10.2 Å². The van der Waals surface area contributed by atoms with Crippen LogP contribution in [0.2, 0.25) is 0 Å². The van der Waals surface area contributed by atoms with Gasteiger partial charge in [-0.3, -0.25) is 14.9 Å². The first-order valence-corrected chi connectivity index (χ1v) is 7.98. The molecule has 0 atom stereocenters. The summed E-state index contributed by atoms with van der Waals surface area (Å²) >= 11 is 0. The highest BCUT2D eigenvalue weighted by molar-refractivity contribution is 6.08. The molecule has 0 unspecified atom stereocenters. The standard InChI is InChI=1S/C17H17N7O3/c1-11-8-12(4-6-15(11)23-10-18-20-21-23)19-17(25)14-9-13(24(26)27)5-7-16(14)22(2)3/h4-10H,1-3H3,(H,19,25). The molecule has 138 valence electrons. The molecular weight excluding hydrogens is 350 g/mol. The predicted molar refractivity (Wildman–Crippen MR) is 99.3 cm³/mol. The van der Waals surface area contributed by atoms with Crippen LogP contribution in [-0.4, -0.2) is 45.1 Å². The third-order valence-corrected chi connectivity index (χ3v) is 3.97. The molecular formula is C17H17N7O3. The van der Waals surface area contributed by atoms with Crippen molar-refractivity contribution in [3.05, 3.63) is 64.0 Å². The molecule has 0 bridgehead atoms. The fourth-order valence-corrected chi connectivity index (χ4v) is 2.67. The summed E-state index contributed by atoms with van der Waals surface area (Å²) in [5, 5.41) is 24.9. The van der Waals surface area contributed by atoms with Crippen molar-refractivity contribution in [1.82, 2.24) is 20.2 Å². The lowest BCUT2D eigenvalue weighted by Crippen LogP contribution is -2.19. The maximum atomic E-state index is 12.7. The van der Waals surface area contributed by atoms with Gasteiger partial charge in [0.05, 0.1) is 16.2 Å². The van der Waals surface area contributed by atoms with Crippen molar-refractivity contribution in [2.45, 2.75) is 6.92 Å². The van der Waals surface area contributed by atoms with E-state index in [2.05, 4.69) is 20.8 Å². The van der Waals surface area contributed by atoms with Crippen molar-refractivity contribution in [1.29, 1.82) is 0 Å². The van der Waals surface area contributed by atoms with Crippen LogP contribution in [0.5, 0.6) is 0 Å². The molecule has 2 aromatic carbocycles. The summed E-state index contributed by atoms with van der Waals surface area (Å²) in [5.74, 6) is -0.433. The van der Waals surface area contributed by atoms with Gasteiger partial charge in [-0.25, -0.2) is 4.68 Å². The smallest absolute Gasteiger partial charge is 0.270 e. The van der Waals surface area contributed by atoms with Gasteiger partial charge in [-0.15, -0.1) is 5.10 Å². The van der Waals surface area contributed by atoms with Gasteiger partial charge in [0.15, 0.2) is 0 Å². The van der Waals surface area contributed by atoms with Gasteiger partial charge < -0.3 is 10.2 Å². The Morgan fingerprint density at radius 3 is 2.59 bits per heavy atom. The Balaban J connectivity index is 1.90. The summed E-state index contributed by atoms with van der Waals surface area (Å²) in [6.45, 7) is 1.87. The third-order valence-electron chi connectivity index (χ3n) is 3.97. The van der Waals surface area contributed by atoms with Crippen molar-refractivity contribution in [3.63, 3.8) is 0 Å². The molecule has 0 saturated heterocycles. The molecule has 0 radical (unpaired) electrons. The monoisotopic (exact) mass is 367 g/mol. The van der Waals surface area contributed by atoms with E-state index in [0.29, 0.717) is 11.4 Å². The van der Waals surface area contributed by atoms with Crippen molar-refractivity contribution >= 4 is 23.0 Å². The van der Waals surface area contributed by atoms with Crippen molar-refractivity contribution in [3.8, 4) is 5.69 Å². The van der Waals surface area contributed by atoms with Gasteiger partial charge in [0, 0.05) is 37.6 Å². The van der Waals surface area contributed by atoms with E-state index in [0.717, 1.165) is 11.3 Å². The summed E-state index contributed by atoms with van der Waals surface area (Å²) in [4.78, 5) is 25.0. The minimum Gasteiger partial charge on any atom is -0.377 e. The number of hydrogen-bond donors (Lipinski definition) is 1. The fraction of sp³-hybridized carbons (Fsp3) is 0.176. The van der Waals surface area contributed by atoms with Crippen LogP contribution in [0.3, 0.4) is 0 Å². The molecule has 1 N–H and O–H groups in total. The largest absolute Gasteiger partial charge is 0.377 e. The highest BCUT2D eigenvalue weighted by Crippen LogP contribution is 2.26. The number of nitrogens with zero attached hydrogens (tertiary/aromatic N) is 6. The lowest BCUT2D eigenvalue weighted by molar-refractivity contribution is -0.384. The number of nitrogens with one attached hydrogen (secondary N) is 1. The summed E-state index contributed by atoms with van der Waals surface area (Å²) in [6.07, 6.45) is 1.48. The lowest BCUT2D eigenvalue weighted by Gasteiger charge is -2.17. The number of rotatable bonds is 5. The molecule has 10 nitrogen and oxygen atoms in total.